The first-order valence-electron chi connectivity index (χ1n) is 13.4. The van der Waals surface area contributed by atoms with Gasteiger partial charge in [0, 0.05) is 47.9 Å². The van der Waals surface area contributed by atoms with E-state index in [1.165, 1.54) is 36.8 Å². The Morgan fingerprint density at radius 3 is 2.80 bits per heavy atom. The number of phenolic OH excluding ortho intramolecular Hbond substituents is 1. The molecule has 5 heterocycles. The predicted molar refractivity (Wildman–Crippen MR) is 128 cm³/mol. The zero-order valence-electron chi connectivity index (χ0n) is 20.0. The second-order valence-electron chi connectivity index (χ2n) is 11.9. The fraction of sp³-hybridized carbons (Fsp3) is 0.607. The number of amides is 1. The Hall–Kier alpha value is -2.67. The van der Waals surface area contributed by atoms with Gasteiger partial charge in [-0.1, -0.05) is 6.07 Å². The van der Waals surface area contributed by atoms with E-state index in [4.69, 9.17) is 4.74 Å². The van der Waals surface area contributed by atoms with Crippen molar-refractivity contribution < 1.29 is 14.6 Å². The van der Waals surface area contributed by atoms with Crippen molar-refractivity contribution in [2.45, 2.75) is 75.0 Å². The summed E-state index contributed by atoms with van der Waals surface area (Å²) in [6.45, 7) is 3.10. The SMILES string of the molecule is O=C(Cc1cncnc1)N1CC[C@@]23CC[C@@H]1[C@@H]1Oc4c(O)ccc5c4[C@@]12CCN(CC1CC1)[C@@H]3C5. The average Bonchev–Trinajstić information content (AvgIpc) is 3.65. The smallest absolute Gasteiger partial charge is 0.227 e. The number of nitrogens with zero attached hydrogens (tertiary/aromatic N) is 4. The Morgan fingerprint density at radius 1 is 1.11 bits per heavy atom. The molecule has 0 radical (unpaired) electrons. The van der Waals surface area contributed by atoms with Crippen LogP contribution in [0.15, 0.2) is 30.9 Å². The molecule has 182 valence electrons. The molecule has 2 spiro atoms. The van der Waals surface area contributed by atoms with Crippen LogP contribution in [0.3, 0.4) is 0 Å². The van der Waals surface area contributed by atoms with Crippen LogP contribution in [0.5, 0.6) is 11.5 Å². The van der Waals surface area contributed by atoms with Crippen LogP contribution in [-0.4, -0.2) is 68.6 Å². The lowest BCUT2D eigenvalue weighted by atomic mass is 9.42. The Labute approximate surface area is 205 Å². The van der Waals surface area contributed by atoms with Gasteiger partial charge < -0.3 is 14.7 Å². The fourth-order valence-corrected chi connectivity index (χ4v) is 9.00. The van der Waals surface area contributed by atoms with Crippen molar-refractivity contribution in [1.29, 1.82) is 0 Å². The number of rotatable bonds is 4. The van der Waals surface area contributed by atoms with Crippen molar-refractivity contribution in [3.05, 3.63) is 47.5 Å². The summed E-state index contributed by atoms with van der Waals surface area (Å²) in [7, 11) is 0. The van der Waals surface area contributed by atoms with Gasteiger partial charge in [-0.05, 0) is 74.6 Å². The number of carbonyl (C=O) groups excluding carboxylic acids is 1. The van der Waals surface area contributed by atoms with Crippen molar-refractivity contribution in [3.63, 3.8) is 0 Å². The molecule has 7 heteroatoms. The van der Waals surface area contributed by atoms with Crippen LogP contribution < -0.4 is 4.74 Å². The zero-order chi connectivity index (χ0) is 23.4. The van der Waals surface area contributed by atoms with E-state index in [-0.39, 0.29) is 34.6 Å². The zero-order valence-corrected chi connectivity index (χ0v) is 20.0. The summed E-state index contributed by atoms with van der Waals surface area (Å²) in [5, 5.41) is 10.9. The van der Waals surface area contributed by atoms with E-state index in [0.29, 0.717) is 18.2 Å². The molecule has 0 unspecified atom stereocenters. The largest absolute Gasteiger partial charge is 0.504 e. The lowest BCUT2D eigenvalue weighted by Crippen LogP contribution is -2.72. The molecule has 9 rings (SSSR count). The Kier molecular flexibility index (Phi) is 4.08. The minimum absolute atomic E-state index is 0.0381. The van der Waals surface area contributed by atoms with Gasteiger partial charge in [0.05, 0.1) is 12.5 Å². The summed E-state index contributed by atoms with van der Waals surface area (Å²) >= 11 is 0. The molecule has 4 aliphatic heterocycles. The van der Waals surface area contributed by atoms with Crippen LogP contribution >= 0.6 is 0 Å². The lowest BCUT2D eigenvalue weighted by Gasteiger charge is -2.66. The lowest BCUT2D eigenvalue weighted by molar-refractivity contribution is -0.143. The van der Waals surface area contributed by atoms with Crippen molar-refractivity contribution >= 4 is 5.91 Å². The minimum atomic E-state index is -0.104. The molecule has 3 aliphatic carbocycles. The second kappa shape index (κ2) is 6.96. The number of hydrogen-bond acceptors (Lipinski definition) is 6. The van der Waals surface area contributed by atoms with E-state index in [1.54, 1.807) is 12.4 Å². The maximum atomic E-state index is 13.7. The highest BCUT2D eigenvalue weighted by Gasteiger charge is 2.74. The van der Waals surface area contributed by atoms with Crippen LogP contribution in [0.2, 0.25) is 0 Å². The van der Waals surface area contributed by atoms with E-state index in [9.17, 15) is 9.90 Å². The van der Waals surface area contributed by atoms with Crippen LogP contribution in [0.1, 0.15) is 55.2 Å². The van der Waals surface area contributed by atoms with Gasteiger partial charge >= 0.3 is 0 Å². The quantitative estimate of drug-likeness (QED) is 0.737. The molecular weight excluding hydrogens is 440 g/mol. The molecule has 4 bridgehead atoms. The second-order valence-corrected chi connectivity index (χ2v) is 11.9. The molecule has 1 aromatic carbocycles. The first-order valence-corrected chi connectivity index (χ1v) is 13.4. The predicted octanol–water partition coefficient (Wildman–Crippen LogP) is 2.85. The summed E-state index contributed by atoms with van der Waals surface area (Å²) in [4.78, 5) is 26.9. The Bertz CT molecular complexity index is 1220. The summed E-state index contributed by atoms with van der Waals surface area (Å²) < 4.78 is 6.79. The molecule has 2 saturated carbocycles. The van der Waals surface area contributed by atoms with Crippen LogP contribution in [-0.2, 0) is 23.1 Å². The Morgan fingerprint density at radius 2 is 1.97 bits per heavy atom. The first-order chi connectivity index (χ1) is 17.1. The monoisotopic (exact) mass is 472 g/mol. The van der Waals surface area contributed by atoms with E-state index in [2.05, 4.69) is 25.8 Å². The maximum Gasteiger partial charge on any atom is 0.227 e. The van der Waals surface area contributed by atoms with Gasteiger partial charge in [-0.2, -0.15) is 0 Å². The van der Waals surface area contributed by atoms with Gasteiger partial charge in [-0.25, -0.2) is 9.97 Å². The highest BCUT2D eigenvalue weighted by atomic mass is 16.5. The molecule has 7 nitrogen and oxygen atoms in total. The molecule has 3 saturated heterocycles. The fourth-order valence-electron chi connectivity index (χ4n) is 9.00. The van der Waals surface area contributed by atoms with Crippen molar-refractivity contribution in [3.8, 4) is 11.5 Å². The molecule has 1 N–H and O–H groups in total. The van der Waals surface area contributed by atoms with E-state index < -0.39 is 0 Å². The summed E-state index contributed by atoms with van der Waals surface area (Å²) in [5.74, 6) is 1.98. The van der Waals surface area contributed by atoms with E-state index in [0.717, 1.165) is 56.7 Å². The number of piperidine rings is 1. The highest BCUT2D eigenvalue weighted by molar-refractivity contribution is 5.79. The summed E-state index contributed by atoms with van der Waals surface area (Å²) in [6.07, 6.45) is 13.2. The molecule has 5 atom stereocenters. The van der Waals surface area contributed by atoms with E-state index >= 15 is 0 Å². The number of carbonyl (C=O) groups is 1. The van der Waals surface area contributed by atoms with Gasteiger partial charge in [-0.3, -0.25) is 9.69 Å². The normalized spacial score (nSPS) is 36.5. The number of aromatic nitrogens is 2. The molecular formula is C28H32N4O3. The third-order valence-corrected chi connectivity index (χ3v) is 10.5. The third kappa shape index (κ3) is 2.57. The van der Waals surface area contributed by atoms with Crippen LogP contribution in [0, 0.1) is 11.3 Å². The maximum absolute atomic E-state index is 13.7. The number of benzene rings is 1. The number of aromatic hydroxyl groups is 1. The number of fused-ring (bicyclic) bond motifs is 3. The molecule has 1 amide bonds. The minimum Gasteiger partial charge on any atom is -0.504 e. The van der Waals surface area contributed by atoms with Gasteiger partial charge in [0.25, 0.3) is 0 Å². The standard InChI is InChI=1S/C28H32N4O3/c33-21-4-3-19-12-22-27-6-5-20(32(10-7-27)23(34)11-18-13-29-16-30-14-18)26-28(27,24(19)25(21)35-26)8-9-31(22)15-17-1-2-17/h3-4,13-14,16-17,20,22,26,33H,1-2,5-12,15H2/t20-,22-,26+,27-,28+/m1/s1. The summed E-state index contributed by atoms with van der Waals surface area (Å²) in [6, 6.07) is 4.51. The van der Waals surface area contributed by atoms with Gasteiger partial charge in [0.2, 0.25) is 5.91 Å². The van der Waals surface area contributed by atoms with E-state index in [1.807, 2.05) is 6.07 Å². The highest BCUT2D eigenvalue weighted by Crippen LogP contribution is 2.71. The van der Waals surface area contributed by atoms with Crippen molar-refractivity contribution in [2.24, 2.45) is 11.3 Å². The van der Waals surface area contributed by atoms with Crippen LogP contribution in [0.4, 0.5) is 0 Å². The molecule has 35 heavy (non-hydrogen) atoms. The van der Waals surface area contributed by atoms with Crippen molar-refractivity contribution in [2.75, 3.05) is 19.6 Å². The van der Waals surface area contributed by atoms with Crippen LogP contribution in [0.25, 0.3) is 0 Å². The van der Waals surface area contributed by atoms with Gasteiger partial charge in [-0.15, -0.1) is 0 Å². The average molecular weight is 473 g/mol. The molecule has 7 aliphatic rings. The number of phenols is 1. The molecule has 1 aromatic heterocycles. The van der Waals surface area contributed by atoms with Gasteiger partial charge in [0.1, 0.15) is 12.4 Å². The number of likely N-dealkylation sites (tertiary alicyclic amines) is 1. The topological polar surface area (TPSA) is 78.8 Å². The Balaban J connectivity index is 1.25. The number of ether oxygens (including phenoxy) is 1. The van der Waals surface area contributed by atoms with Gasteiger partial charge in [0.15, 0.2) is 11.5 Å². The summed E-state index contributed by atoms with van der Waals surface area (Å²) in [5.41, 5.74) is 3.50. The first kappa shape index (κ1) is 20.5. The number of hydrogen-bond donors (Lipinski definition) is 1. The third-order valence-electron chi connectivity index (χ3n) is 10.5. The van der Waals surface area contributed by atoms with Crippen molar-refractivity contribution in [1.82, 2.24) is 19.8 Å². The molecule has 5 fully saturated rings. The molecule has 2 aromatic rings.